The van der Waals surface area contributed by atoms with Crippen LogP contribution in [-0.2, 0) is 4.79 Å². The number of amides is 2. The van der Waals surface area contributed by atoms with Gasteiger partial charge in [0, 0.05) is 19.1 Å². The molecule has 2 amide bonds. The maximum atomic E-state index is 11.6. The summed E-state index contributed by atoms with van der Waals surface area (Å²) in [6.07, 6.45) is 0.851. The van der Waals surface area contributed by atoms with Crippen LogP contribution in [0.1, 0.15) is 33.6 Å². The van der Waals surface area contributed by atoms with E-state index in [0.717, 1.165) is 6.42 Å². The van der Waals surface area contributed by atoms with Gasteiger partial charge in [0.15, 0.2) is 0 Å². The van der Waals surface area contributed by atoms with E-state index in [-0.39, 0.29) is 25.0 Å². The summed E-state index contributed by atoms with van der Waals surface area (Å²) in [4.78, 5) is 23.5. The third-order valence-electron chi connectivity index (χ3n) is 2.34. The second kappa shape index (κ2) is 7.09. The molecule has 0 saturated heterocycles. The lowest BCUT2D eigenvalue weighted by atomic mass is 10.2. The molecule has 0 spiro atoms. The summed E-state index contributed by atoms with van der Waals surface area (Å²) in [6, 6.07) is -0.00655. The van der Waals surface area contributed by atoms with Gasteiger partial charge in [0.05, 0.1) is 6.42 Å². The molecule has 1 unspecified atom stereocenters. The van der Waals surface area contributed by atoms with Gasteiger partial charge in [-0.2, -0.15) is 0 Å². The van der Waals surface area contributed by atoms with Gasteiger partial charge in [0.25, 0.3) is 0 Å². The van der Waals surface area contributed by atoms with E-state index in [1.165, 1.54) is 0 Å². The van der Waals surface area contributed by atoms with E-state index in [2.05, 4.69) is 5.32 Å². The molecule has 0 rings (SSSR count). The molecule has 0 aromatic carbocycles. The van der Waals surface area contributed by atoms with Crippen molar-refractivity contribution in [1.29, 1.82) is 0 Å². The molecule has 0 fully saturated rings. The number of nitrogens with one attached hydrogen (secondary N) is 1. The van der Waals surface area contributed by atoms with Gasteiger partial charge in [-0.25, -0.2) is 4.79 Å². The van der Waals surface area contributed by atoms with Crippen molar-refractivity contribution in [2.24, 2.45) is 0 Å². The van der Waals surface area contributed by atoms with E-state index in [0.29, 0.717) is 6.54 Å². The summed E-state index contributed by atoms with van der Waals surface area (Å²) in [5.41, 5.74) is 0. The number of hydrogen-bond acceptors (Lipinski definition) is 2. The minimum Gasteiger partial charge on any atom is -0.481 e. The minimum absolute atomic E-state index is 0.0379. The van der Waals surface area contributed by atoms with Crippen LogP contribution in [0.25, 0.3) is 0 Å². The molecular formula is C10H20N2O3. The molecule has 88 valence electrons. The molecule has 2 N–H and O–H groups in total. The van der Waals surface area contributed by atoms with Crippen molar-refractivity contribution in [1.82, 2.24) is 10.2 Å². The Kier molecular flexibility index (Phi) is 6.49. The molecular weight excluding hydrogens is 196 g/mol. The second-order valence-corrected chi connectivity index (χ2v) is 3.42. The van der Waals surface area contributed by atoms with Crippen molar-refractivity contribution in [3.05, 3.63) is 0 Å². The highest BCUT2D eigenvalue weighted by Gasteiger charge is 2.16. The fourth-order valence-corrected chi connectivity index (χ4v) is 1.25. The van der Waals surface area contributed by atoms with Crippen LogP contribution in [-0.4, -0.2) is 41.1 Å². The first-order chi connectivity index (χ1) is 7.02. The van der Waals surface area contributed by atoms with E-state index < -0.39 is 5.97 Å². The summed E-state index contributed by atoms with van der Waals surface area (Å²) >= 11 is 0. The Bertz CT molecular complexity index is 219. The van der Waals surface area contributed by atoms with E-state index in [1.54, 1.807) is 4.90 Å². The summed E-state index contributed by atoms with van der Waals surface area (Å²) < 4.78 is 0. The standard InChI is InChI=1S/C10H20N2O3/c1-4-8(3)12(5-2)10(15)11-7-6-9(13)14/h8H,4-7H2,1-3H3,(H,11,15)(H,13,14). The Morgan fingerprint density at radius 3 is 2.40 bits per heavy atom. The third-order valence-corrected chi connectivity index (χ3v) is 2.34. The predicted molar refractivity (Wildman–Crippen MR) is 57.8 cm³/mol. The molecule has 5 heteroatoms. The number of aliphatic carboxylic acids is 1. The van der Waals surface area contributed by atoms with Gasteiger partial charge in [-0.1, -0.05) is 6.92 Å². The number of urea groups is 1. The molecule has 0 bridgehead atoms. The van der Waals surface area contributed by atoms with Crippen LogP contribution in [0.4, 0.5) is 4.79 Å². The fourth-order valence-electron chi connectivity index (χ4n) is 1.25. The number of carboxylic acid groups (broad SMARTS) is 1. The Labute approximate surface area is 90.5 Å². The van der Waals surface area contributed by atoms with Crippen LogP contribution in [0.3, 0.4) is 0 Å². The quantitative estimate of drug-likeness (QED) is 0.703. The van der Waals surface area contributed by atoms with Crippen molar-refractivity contribution in [3.63, 3.8) is 0 Å². The van der Waals surface area contributed by atoms with Gasteiger partial charge < -0.3 is 15.3 Å². The van der Waals surface area contributed by atoms with Gasteiger partial charge in [0.1, 0.15) is 0 Å². The van der Waals surface area contributed by atoms with Gasteiger partial charge in [0.2, 0.25) is 0 Å². The number of carbonyl (C=O) groups excluding carboxylic acids is 1. The summed E-state index contributed by atoms with van der Waals surface area (Å²) in [5, 5.41) is 11.0. The molecule has 0 aliphatic heterocycles. The highest BCUT2D eigenvalue weighted by atomic mass is 16.4. The van der Waals surface area contributed by atoms with Crippen molar-refractivity contribution >= 4 is 12.0 Å². The Morgan fingerprint density at radius 1 is 1.40 bits per heavy atom. The summed E-state index contributed by atoms with van der Waals surface area (Å²) in [6.45, 7) is 6.70. The molecule has 5 nitrogen and oxygen atoms in total. The van der Waals surface area contributed by atoms with Gasteiger partial charge in [-0.05, 0) is 20.3 Å². The smallest absolute Gasteiger partial charge is 0.317 e. The zero-order valence-corrected chi connectivity index (χ0v) is 9.62. The van der Waals surface area contributed by atoms with Gasteiger partial charge in [-0.15, -0.1) is 0 Å². The van der Waals surface area contributed by atoms with Gasteiger partial charge in [-0.3, -0.25) is 4.79 Å². The van der Waals surface area contributed by atoms with Crippen LogP contribution >= 0.6 is 0 Å². The van der Waals surface area contributed by atoms with Gasteiger partial charge >= 0.3 is 12.0 Å². The van der Waals surface area contributed by atoms with Crippen molar-refractivity contribution in [2.45, 2.75) is 39.7 Å². The van der Waals surface area contributed by atoms with Crippen molar-refractivity contribution in [2.75, 3.05) is 13.1 Å². The molecule has 15 heavy (non-hydrogen) atoms. The molecule has 0 aromatic rings. The van der Waals surface area contributed by atoms with Crippen LogP contribution in [0.15, 0.2) is 0 Å². The SMILES string of the molecule is CCC(C)N(CC)C(=O)NCCC(=O)O. The first-order valence-corrected chi connectivity index (χ1v) is 5.29. The topological polar surface area (TPSA) is 69.6 Å². The van der Waals surface area contributed by atoms with E-state index >= 15 is 0 Å². The average Bonchev–Trinajstić information content (AvgIpc) is 2.18. The number of hydrogen-bond donors (Lipinski definition) is 2. The molecule has 0 aliphatic rings. The summed E-state index contributed by atoms with van der Waals surface area (Å²) in [5.74, 6) is -0.901. The largest absolute Gasteiger partial charge is 0.481 e. The van der Waals surface area contributed by atoms with Crippen molar-refractivity contribution in [3.8, 4) is 0 Å². The van der Waals surface area contributed by atoms with Crippen LogP contribution in [0.5, 0.6) is 0 Å². The summed E-state index contributed by atoms with van der Waals surface area (Å²) in [7, 11) is 0. The molecule has 0 heterocycles. The first kappa shape index (κ1) is 13.7. The molecule has 1 atom stereocenters. The van der Waals surface area contributed by atoms with Crippen LogP contribution < -0.4 is 5.32 Å². The first-order valence-electron chi connectivity index (χ1n) is 5.29. The van der Waals surface area contributed by atoms with E-state index in [1.807, 2.05) is 20.8 Å². The predicted octanol–water partition coefficient (Wildman–Crippen LogP) is 1.29. The number of carboxylic acids is 1. The molecule has 0 aliphatic carbocycles. The zero-order chi connectivity index (χ0) is 11.8. The van der Waals surface area contributed by atoms with Crippen LogP contribution in [0, 0.1) is 0 Å². The highest BCUT2D eigenvalue weighted by Crippen LogP contribution is 2.02. The lowest BCUT2D eigenvalue weighted by Crippen LogP contribution is -2.45. The van der Waals surface area contributed by atoms with Crippen molar-refractivity contribution < 1.29 is 14.7 Å². The number of rotatable bonds is 6. The Morgan fingerprint density at radius 2 is 2.00 bits per heavy atom. The Balaban J connectivity index is 3.99. The number of carbonyl (C=O) groups is 2. The highest BCUT2D eigenvalue weighted by molar-refractivity contribution is 5.75. The minimum atomic E-state index is -0.901. The monoisotopic (exact) mass is 216 g/mol. The zero-order valence-electron chi connectivity index (χ0n) is 9.62. The second-order valence-electron chi connectivity index (χ2n) is 3.42. The molecule has 0 saturated carbocycles. The van der Waals surface area contributed by atoms with E-state index in [9.17, 15) is 9.59 Å². The molecule has 0 radical (unpaired) electrons. The lowest BCUT2D eigenvalue weighted by molar-refractivity contribution is -0.136. The van der Waals surface area contributed by atoms with Crippen LogP contribution in [0.2, 0.25) is 0 Å². The van der Waals surface area contributed by atoms with E-state index in [4.69, 9.17) is 5.11 Å². The normalized spacial score (nSPS) is 11.9. The lowest BCUT2D eigenvalue weighted by Gasteiger charge is -2.27. The Hall–Kier alpha value is -1.26. The number of nitrogens with zero attached hydrogens (tertiary/aromatic N) is 1. The molecule has 0 aromatic heterocycles. The maximum absolute atomic E-state index is 11.6. The average molecular weight is 216 g/mol. The maximum Gasteiger partial charge on any atom is 0.317 e. The third kappa shape index (κ3) is 5.24. The fraction of sp³-hybridized carbons (Fsp3) is 0.800.